The number of hydrogen-bond donors (Lipinski definition) is 1. The molecule has 1 aromatic carbocycles. The summed E-state index contributed by atoms with van der Waals surface area (Å²) in [7, 11) is 0. The first kappa shape index (κ1) is 12.0. The van der Waals surface area contributed by atoms with Gasteiger partial charge in [0, 0.05) is 10.4 Å². The standard InChI is InChI=1S/C13H15ClN2O/c1-13(2,3)11-10(12(15)17-16-11)8-4-6-9(14)7-5-8/h4-7H,15H2,1-3H3. The smallest absolute Gasteiger partial charge is 0.230 e. The van der Waals surface area contributed by atoms with Gasteiger partial charge in [0.2, 0.25) is 5.88 Å². The van der Waals surface area contributed by atoms with E-state index >= 15 is 0 Å². The molecule has 2 aromatic rings. The predicted molar refractivity (Wildman–Crippen MR) is 70.1 cm³/mol. The lowest BCUT2D eigenvalue weighted by atomic mass is 9.87. The zero-order valence-electron chi connectivity index (χ0n) is 10.1. The van der Waals surface area contributed by atoms with Crippen LogP contribution in [-0.4, -0.2) is 5.16 Å². The van der Waals surface area contributed by atoms with Gasteiger partial charge in [-0.25, -0.2) is 0 Å². The van der Waals surface area contributed by atoms with Crippen molar-refractivity contribution in [2.45, 2.75) is 26.2 Å². The third-order valence-electron chi connectivity index (χ3n) is 2.56. The Labute approximate surface area is 106 Å². The quantitative estimate of drug-likeness (QED) is 0.836. The largest absolute Gasteiger partial charge is 0.367 e. The van der Waals surface area contributed by atoms with Gasteiger partial charge < -0.3 is 10.3 Å². The molecule has 2 N–H and O–H groups in total. The molecule has 2 rings (SSSR count). The molecule has 0 saturated carbocycles. The minimum Gasteiger partial charge on any atom is -0.367 e. The van der Waals surface area contributed by atoms with Crippen molar-refractivity contribution < 1.29 is 4.52 Å². The van der Waals surface area contributed by atoms with Crippen LogP contribution < -0.4 is 5.73 Å². The first-order valence-electron chi connectivity index (χ1n) is 5.41. The number of benzene rings is 1. The number of aromatic nitrogens is 1. The fourth-order valence-corrected chi connectivity index (χ4v) is 1.84. The molecule has 0 bridgehead atoms. The Balaban J connectivity index is 2.59. The molecule has 0 aliphatic carbocycles. The fourth-order valence-electron chi connectivity index (χ4n) is 1.71. The van der Waals surface area contributed by atoms with Gasteiger partial charge in [0.1, 0.15) is 0 Å². The second-order valence-corrected chi connectivity index (χ2v) is 5.46. The van der Waals surface area contributed by atoms with E-state index in [-0.39, 0.29) is 5.41 Å². The zero-order valence-corrected chi connectivity index (χ0v) is 10.9. The number of nitrogens with zero attached hydrogens (tertiary/aromatic N) is 1. The average molecular weight is 251 g/mol. The van der Waals surface area contributed by atoms with E-state index < -0.39 is 0 Å². The van der Waals surface area contributed by atoms with Crippen LogP contribution in [0.3, 0.4) is 0 Å². The Hall–Kier alpha value is -1.48. The van der Waals surface area contributed by atoms with Crippen LogP contribution in [0.4, 0.5) is 5.88 Å². The van der Waals surface area contributed by atoms with Crippen molar-refractivity contribution in [1.29, 1.82) is 0 Å². The van der Waals surface area contributed by atoms with Crippen LogP contribution in [0.5, 0.6) is 0 Å². The van der Waals surface area contributed by atoms with E-state index in [1.165, 1.54) is 0 Å². The molecule has 90 valence electrons. The minimum absolute atomic E-state index is 0.115. The predicted octanol–water partition coefficient (Wildman–Crippen LogP) is 3.87. The Morgan fingerprint density at radius 1 is 1.18 bits per heavy atom. The van der Waals surface area contributed by atoms with E-state index in [2.05, 4.69) is 25.9 Å². The summed E-state index contributed by atoms with van der Waals surface area (Å²) in [5.41, 5.74) is 8.42. The average Bonchev–Trinajstić information content (AvgIpc) is 2.61. The second kappa shape index (κ2) is 4.08. The molecular formula is C13H15ClN2O. The fraction of sp³-hybridized carbons (Fsp3) is 0.308. The maximum Gasteiger partial charge on any atom is 0.230 e. The van der Waals surface area contributed by atoms with Crippen molar-refractivity contribution in [3.63, 3.8) is 0 Å². The van der Waals surface area contributed by atoms with Crippen molar-refractivity contribution in [2.24, 2.45) is 0 Å². The van der Waals surface area contributed by atoms with E-state index in [0.717, 1.165) is 16.8 Å². The van der Waals surface area contributed by atoms with E-state index in [0.29, 0.717) is 10.9 Å². The SMILES string of the molecule is CC(C)(C)c1noc(N)c1-c1ccc(Cl)cc1. The van der Waals surface area contributed by atoms with Crippen LogP contribution >= 0.6 is 11.6 Å². The lowest BCUT2D eigenvalue weighted by Gasteiger charge is -2.16. The first-order chi connectivity index (χ1) is 7.89. The van der Waals surface area contributed by atoms with Crippen LogP contribution in [0.25, 0.3) is 11.1 Å². The van der Waals surface area contributed by atoms with Crippen LogP contribution in [0.15, 0.2) is 28.8 Å². The summed E-state index contributed by atoms with van der Waals surface area (Å²) in [6.07, 6.45) is 0. The van der Waals surface area contributed by atoms with Crippen LogP contribution in [0.2, 0.25) is 5.02 Å². The lowest BCUT2D eigenvalue weighted by molar-refractivity contribution is 0.405. The third-order valence-corrected chi connectivity index (χ3v) is 2.81. The molecule has 0 radical (unpaired) electrons. The van der Waals surface area contributed by atoms with Gasteiger partial charge in [0.25, 0.3) is 0 Å². The van der Waals surface area contributed by atoms with Gasteiger partial charge in [-0.05, 0) is 17.7 Å². The normalized spacial score (nSPS) is 11.8. The zero-order chi connectivity index (χ0) is 12.6. The molecule has 0 unspecified atom stereocenters. The van der Waals surface area contributed by atoms with Crippen molar-refractivity contribution in [3.8, 4) is 11.1 Å². The van der Waals surface area contributed by atoms with Crippen molar-refractivity contribution in [2.75, 3.05) is 5.73 Å². The van der Waals surface area contributed by atoms with Gasteiger partial charge in [-0.1, -0.05) is 49.7 Å². The molecule has 0 saturated heterocycles. The monoisotopic (exact) mass is 250 g/mol. The molecule has 0 fully saturated rings. The van der Waals surface area contributed by atoms with Crippen LogP contribution in [0.1, 0.15) is 26.5 Å². The number of nitrogens with two attached hydrogens (primary N) is 1. The topological polar surface area (TPSA) is 52.0 Å². The maximum atomic E-state index is 5.87. The minimum atomic E-state index is -0.115. The Morgan fingerprint density at radius 2 is 1.76 bits per heavy atom. The summed E-state index contributed by atoms with van der Waals surface area (Å²) < 4.78 is 5.10. The van der Waals surface area contributed by atoms with Gasteiger partial charge in [-0.15, -0.1) is 0 Å². The van der Waals surface area contributed by atoms with E-state index in [4.69, 9.17) is 21.9 Å². The number of rotatable bonds is 1. The molecule has 1 heterocycles. The highest BCUT2D eigenvalue weighted by Gasteiger charge is 2.25. The Kier molecular flexibility index (Phi) is 2.87. The van der Waals surface area contributed by atoms with E-state index in [1.807, 2.05) is 24.3 Å². The summed E-state index contributed by atoms with van der Waals surface area (Å²) in [5.74, 6) is 0.345. The summed E-state index contributed by atoms with van der Waals surface area (Å²) >= 11 is 5.87. The van der Waals surface area contributed by atoms with E-state index in [9.17, 15) is 0 Å². The Morgan fingerprint density at radius 3 is 2.29 bits per heavy atom. The van der Waals surface area contributed by atoms with Gasteiger partial charge in [0.05, 0.1) is 11.3 Å². The van der Waals surface area contributed by atoms with Crippen molar-refractivity contribution >= 4 is 17.5 Å². The first-order valence-corrected chi connectivity index (χ1v) is 5.79. The van der Waals surface area contributed by atoms with E-state index in [1.54, 1.807) is 0 Å². The molecule has 0 atom stereocenters. The molecular weight excluding hydrogens is 236 g/mol. The van der Waals surface area contributed by atoms with Gasteiger partial charge in [-0.3, -0.25) is 0 Å². The van der Waals surface area contributed by atoms with Crippen molar-refractivity contribution in [1.82, 2.24) is 5.16 Å². The highest BCUT2D eigenvalue weighted by Crippen LogP contribution is 2.36. The highest BCUT2D eigenvalue weighted by molar-refractivity contribution is 6.30. The van der Waals surface area contributed by atoms with Crippen molar-refractivity contribution in [3.05, 3.63) is 35.0 Å². The van der Waals surface area contributed by atoms with Gasteiger partial charge in [0.15, 0.2) is 0 Å². The molecule has 0 aliphatic heterocycles. The van der Waals surface area contributed by atoms with Crippen LogP contribution in [-0.2, 0) is 5.41 Å². The summed E-state index contributed by atoms with van der Waals surface area (Å²) in [5, 5.41) is 4.75. The third kappa shape index (κ3) is 2.29. The van der Waals surface area contributed by atoms with Gasteiger partial charge >= 0.3 is 0 Å². The molecule has 17 heavy (non-hydrogen) atoms. The number of nitrogen functional groups attached to an aromatic ring is 1. The molecule has 4 heteroatoms. The maximum absolute atomic E-state index is 5.87. The van der Waals surface area contributed by atoms with Gasteiger partial charge in [-0.2, -0.15) is 0 Å². The lowest BCUT2D eigenvalue weighted by Crippen LogP contribution is -2.13. The van der Waals surface area contributed by atoms with Crippen LogP contribution in [0, 0.1) is 0 Å². The number of anilines is 1. The molecule has 0 aliphatic rings. The summed E-state index contributed by atoms with van der Waals surface area (Å²) in [6, 6.07) is 7.49. The molecule has 1 aromatic heterocycles. The second-order valence-electron chi connectivity index (χ2n) is 5.03. The Bertz CT molecular complexity index is 523. The summed E-state index contributed by atoms with van der Waals surface area (Å²) in [4.78, 5) is 0. The molecule has 3 nitrogen and oxygen atoms in total. The highest BCUT2D eigenvalue weighted by atomic mass is 35.5. The molecule has 0 amide bonds. The number of hydrogen-bond acceptors (Lipinski definition) is 3. The summed E-state index contributed by atoms with van der Waals surface area (Å²) in [6.45, 7) is 6.22. The molecule has 0 spiro atoms. The number of halogens is 1.